The van der Waals surface area contributed by atoms with Gasteiger partial charge in [-0.2, -0.15) is 0 Å². The van der Waals surface area contributed by atoms with E-state index in [0.29, 0.717) is 17.8 Å². The zero-order valence-electron chi connectivity index (χ0n) is 12.6. The Kier molecular flexibility index (Phi) is 5.26. The summed E-state index contributed by atoms with van der Waals surface area (Å²) in [6.07, 6.45) is 2.54. The van der Waals surface area contributed by atoms with E-state index in [2.05, 4.69) is 19.2 Å². The second-order valence-corrected chi connectivity index (χ2v) is 5.42. The standard InChI is InChI=1S/C16H25NO3/c1-4-16-12(7-8-20-16)10-17-11(2)14-9-13(19-3)5-6-15(14)18/h5-6,9,11-12,16-18H,4,7-8,10H2,1-3H3. The summed E-state index contributed by atoms with van der Waals surface area (Å²) in [5.41, 5.74) is 0.872. The van der Waals surface area contributed by atoms with Crippen molar-refractivity contribution >= 4 is 0 Å². The van der Waals surface area contributed by atoms with E-state index in [0.717, 1.165) is 37.3 Å². The van der Waals surface area contributed by atoms with Crippen LogP contribution in [0.3, 0.4) is 0 Å². The first-order chi connectivity index (χ1) is 9.65. The Morgan fingerprint density at radius 1 is 1.50 bits per heavy atom. The van der Waals surface area contributed by atoms with Crippen LogP contribution in [0, 0.1) is 5.92 Å². The number of hydrogen-bond acceptors (Lipinski definition) is 4. The molecule has 0 spiro atoms. The summed E-state index contributed by atoms with van der Waals surface area (Å²) < 4.78 is 10.9. The second-order valence-electron chi connectivity index (χ2n) is 5.42. The van der Waals surface area contributed by atoms with Crippen molar-refractivity contribution in [3.8, 4) is 11.5 Å². The fourth-order valence-corrected chi connectivity index (χ4v) is 2.82. The molecule has 1 aromatic rings. The maximum Gasteiger partial charge on any atom is 0.120 e. The van der Waals surface area contributed by atoms with E-state index >= 15 is 0 Å². The first kappa shape index (κ1) is 15.1. The van der Waals surface area contributed by atoms with E-state index < -0.39 is 0 Å². The number of rotatable bonds is 6. The Hall–Kier alpha value is -1.26. The molecule has 1 fully saturated rings. The van der Waals surface area contributed by atoms with Gasteiger partial charge in [-0.25, -0.2) is 0 Å². The SMILES string of the molecule is CCC1OCCC1CNC(C)c1cc(OC)ccc1O. The Bertz CT molecular complexity index is 436. The number of phenols is 1. The zero-order valence-corrected chi connectivity index (χ0v) is 12.6. The maximum atomic E-state index is 9.97. The summed E-state index contributed by atoms with van der Waals surface area (Å²) >= 11 is 0. The van der Waals surface area contributed by atoms with E-state index in [1.807, 2.05) is 6.07 Å². The van der Waals surface area contributed by atoms with Gasteiger partial charge in [-0.1, -0.05) is 6.92 Å². The summed E-state index contributed by atoms with van der Waals surface area (Å²) in [6, 6.07) is 5.42. The van der Waals surface area contributed by atoms with Gasteiger partial charge in [0.1, 0.15) is 11.5 Å². The predicted molar refractivity (Wildman–Crippen MR) is 79.2 cm³/mol. The zero-order chi connectivity index (χ0) is 14.5. The third-order valence-electron chi connectivity index (χ3n) is 4.14. The normalized spacial score (nSPS) is 23.8. The molecule has 1 aromatic carbocycles. The molecule has 0 saturated carbocycles. The van der Waals surface area contributed by atoms with Crippen LogP contribution in [0.2, 0.25) is 0 Å². The molecule has 20 heavy (non-hydrogen) atoms. The maximum absolute atomic E-state index is 9.97. The molecule has 112 valence electrons. The van der Waals surface area contributed by atoms with E-state index in [9.17, 15) is 5.11 Å². The van der Waals surface area contributed by atoms with Gasteiger partial charge < -0.3 is 19.9 Å². The van der Waals surface area contributed by atoms with Gasteiger partial charge in [-0.3, -0.25) is 0 Å². The minimum Gasteiger partial charge on any atom is -0.508 e. The van der Waals surface area contributed by atoms with Crippen LogP contribution in [0.15, 0.2) is 18.2 Å². The fraction of sp³-hybridized carbons (Fsp3) is 0.625. The van der Waals surface area contributed by atoms with Crippen LogP contribution in [-0.4, -0.2) is 31.5 Å². The highest BCUT2D eigenvalue weighted by atomic mass is 16.5. The Morgan fingerprint density at radius 2 is 2.30 bits per heavy atom. The third-order valence-corrected chi connectivity index (χ3v) is 4.14. The van der Waals surface area contributed by atoms with E-state index in [1.165, 1.54) is 0 Å². The van der Waals surface area contributed by atoms with Crippen LogP contribution in [-0.2, 0) is 4.74 Å². The van der Waals surface area contributed by atoms with Gasteiger partial charge in [0.15, 0.2) is 0 Å². The molecule has 4 nitrogen and oxygen atoms in total. The molecule has 0 amide bonds. The summed E-state index contributed by atoms with van der Waals surface area (Å²) in [4.78, 5) is 0. The number of aromatic hydroxyl groups is 1. The van der Waals surface area contributed by atoms with Gasteiger partial charge in [0.2, 0.25) is 0 Å². The molecule has 1 aliphatic heterocycles. The van der Waals surface area contributed by atoms with Crippen molar-refractivity contribution in [2.24, 2.45) is 5.92 Å². The number of ether oxygens (including phenoxy) is 2. The van der Waals surface area contributed by atoms with E-state index in [4.69, 9.17) is 9.47 Å². The minimum atomic E-state index is 0.0863. The highest BCUT2D eigenvalue weighted by Gasteiger charge is 2.27. The van der Waals surface area contributed by atoms with Crippen LogP contribution >= 0.6 is 0 Å². The number of hydrogen-bond donors (Lipinski definition) is 2. The lowest BCUT2D eigenvalue weighted by molar-refractivity contribution is 0.0867. The van der Waals surface area contributed by atoms with E-state index in [-0.39, 0.29) is 6.04 Å². The van der Waals surface area contributed by atoms with Gasteiger partial charge in [0.25, 0.3) is 0 Å². The van der Waals surface area contributed by atoms with Crippen LogP contribution in [0.25, 0.3) is 0 Å². The molecular weight excluding hydrogens is 254 g/mol. The molecule has 3 atom stereocenters. The highest BCUT2D eigenvalue weighted by Crippen LogP contribution is 2.29. The van der Waals surface area contributed by atoms with Crippen molar-refractivity contribution in [1.29, 1.82) is 0 Å². The molecule has 3 unspecified atom stereocenters. The lowest BCUT2D eigenvalue weighted by atomic mass is 9.98. The van der Waals surface area contributed by atoms with Crippen molar-refractivity contribution < 1.29 is 14.6 Å². The monoisotopic (exact) mass is 279 g/mol. The van der Waals surface area contributed by atoms with Gasteiger partial charge in [0.05, 0.1) is 13.2 Å². The van der Waals surface area contributed by atoms with Crippen LogP contribution < -0.4 is 10.1 Å². The largest absolute Gasteiger partial charge is 0.508 e. The fourth-order valence-electron chi connectivity index (χ4n) is 2.82. The van der Waals surface area contributed by atoms with Gasteiger partial charge in [-0.05, 0) is 43.9 Å². The molecular formula is C16H25NO3. The number of nitrogens with one attached hydrogen (secondary N) is 1. The molecule has 1 aliphatic rings. The van der Waals surface area contributed by atoms with Gasteiger partial charge >= 0.3 is 0 Å². The number of benzene rings is 1. The van der Waals surface area contributed by atoms with E-state index in [1.54, 1.807) is 19.2 Å². The molecule has 0 radical (unpaired) electrons. The minimum absolute atomic E-state index is 0.0863. The van der Waals surface area contributed by atoms with Crippen LogP contribution in [0.5, 0.6) is 11.5 Å². The third kappa shape index (κ3) is 3.44. The predicted octanol–water partition coefficient (Wildman–Crippen LogP) is 2.87. The molecule has 4 heteroatoms. The average molecular weight is 279 g/mol. The van der Waals surface area contributed by atoms with Crippen molar-refractivity contribution in [1.82, 2.24) is 5.32 Å². The summed E-state index contributed by atoms with van der Waals surface area (Å²) in [5, 5.41) is 13.5. The Balaban J connectivity index is 1.96. The summed E-state index contributed by atoms with van der Waals surface area (Å²) in [6.45, 7) is 6.01. The van der Waals surface area contributed by atoms with Crippen LogP contribution in [0.4, 0.5) is 0 Å². The smallest absolute Gasteiger partial charge is 0.120 e. The lowest BCUT2D eigenvalue weighted by Crippen LogP contribution is -2.30. The second kappa shape index (κ2) is 6.95. The van der Waals surface area contributed by atoms with Crippen molar-refractivity contribution in [3.05, 3.63) is 23.8 Å². The molecule has 2 rings (SSSR count). The molecule has 1 heterocycles. The van der Waals surface area contributed by atoms with Crippen molar-refractivity contribution in [3.63, 3.8) is 0 Å². The van der Waals surface area contributed by atoms with Gasteiger partial charge in [0, 0.05) is 24.8 Å². The number of methoxy groups -OCH3 is 1. The molecule has 0 aromatic heterocycles. The van der Waals surface area contributed by atoms with Crippen LogP contribution in [0.1, 0.15) is 38.3 Å². The lowest BCUT2D eigenvalue weighted by Gasteiger charge is -2.21. The molecule has 0 bridgehead atoms. The number of phenolic OH excluding ortho intramolecular Hbond substituents is 1. The molecule has 1 saturated heterocycles. The first-order valence-corrected chi connectivity index (χ1v) is 7.37. The Labute approximate surface area is 121 Å². The summed E-state index contributed by atoms with van der Waals surface area (Å²) in [5.74, 6) is 1.64. The molecule has 2 N–H and O–H groups in total. The van der Waals surface area contributed by atoms with Crippen molar-refractivity contribution in [2.45, 2.75) is 38.8 Å². The summed E-state index contributed by atoms with van der Waals surface area (Å²) in [7, 11) is 1.63. The molecule has 0 aliphatic carbocycles. The quantitative estimate of drug-likeness (QED) is 0.840. The Morgan fingerprint density at radius 3 is 3.00 bits per heavy atom. The average Bonchev–Trinajstić information content (AvgIpc) is 2.92. The van der Waals surface area contributed by atoms with Crippen molar-refractivity contribution in [2.75, 3.05) is 20.3 Å². The van der Waals surface area contributed by atoms with Gasteiger partial charge in [-0.15, -0.1) is 0 Å². The highest BCUT2D eigenvalue weighted by molar-refractivity contribution is 5.41. The first-order valence-electron chi connectivity index (χ1n) is 7.37. The topological polar surface area (TPSA) is 50.7 Å².